The van der Waals surface area contributed by atoms with Gasteiger partial charge in [0, 0.05) is 10.4 Å². The molecule has 0 aliphatic rings. The van der Waals surface area contributed by atoms with Gasteiger partial charge in [-0.05, 0) is 37.6 Å². The van der Waals surface area contributed by atoms with E-state index >= 15 is 0 Å². The highest BCUT2D eigenvalue weighted by Gasteiger charge is 2.11. The van der Waals surface area contributed by atoms with Crippen LogP contribution in [0, 0.1) is 0 Å². The van der Waals surface area contributed by atoms with E-state index in [4.69, 9.17) is 5.73 Å². The van der Waals surface area contributed by atoms with Crippen molar-refractivity contribution in [2.45, 2.75) is 25.7 Å². The first-order valence-electron chi connectivity index (χ1n) is 5.46. The lowest BCUT2D eigenvalue weighted by molar-refractivity contribution is 0.638. The van der Waals surface area contributed by atoms with E-state index in [0.29, 0.717) is 5.92 Å². The summed E-state index contributed by atoms with van der Waals surface area (Å²) in [5.41, 5.74) is 6.62. The number of benzene rings is 1. The van der Waals surface area contributed by atoms with Crippen molar-refractivity contribution >= 4 is 37.5 Å². The first kappa shape index (κ1) is 12.0. The lowest BCUT2D eigenvalue weighted by atomic mass is 10.1. The molecule has 0 aliphatic heterocycles. The molecule has 1 aromatic heterocycles. The van der Waals surface area contributed by atoms with Crippen molar-refractivity contribution in [2.75, 3.05) is 6.54 Å². The summed E-state index contributed by atoms with van der Waals surface area (Å²) >= 11 is 5.26. The Morgan fingerprint density at radius 3 is 3.06 bits per heavy atom. The van der Waals surface area contributed by atoms with Gasteiger partial charge in [-0.2, -0.15) is 0 Å². The van der Waals surface area contributed by atoms with Gasteiger partial charge in [-0.25, -0.2) is 4.98 Å². The summed E-state index contributed by atoms with van der Waals surface area (Å²) in [5, 5.41) is 1.22. The topological polar surface area (TPSA) is 38.9 Å². The number of thiazole rings is 1. The van der Waals surface area contributed by atoms with E-state index in [2.05, 4.69) is 46.0 Å². The fourth-order valence-electron chi connectivity index (χ4n) is 1.68. The van der Waals surface area contributed by atoms with Crippen molar-refractivity contribution in [1.29, 1.82) is 0 Å². The molecule has 0 fully saturated rings. The third-order valence-electron chi connectivity index (χ3n) is 2.63. The molecule has 1 aromatic carbocycles. The monoisotopic (exact) mass is 298 g/mol. The number of hydrogen-bond acceptors (Lipinski definition) is 3. The van der Waals surface area contributed by atoms with Crippen molar-refractivity contribution < 1.29 is 0 Å². The molecule has 16 heavy (non-hydrogen) atoms. The average molecular weight is 299 g/mol. The first-order valence-corrected chi connectivity index (χ1v) is 7.07. The molecular formula is C12H15BrN2S. The average Bonchev–Trinajstić information content (AvgIpc) is 2.68. The van der Waals surface area contributed by atoms with Crippen LogP contribution in [0.4, 0.5) is 0 Å². The summed E-state index contributed by atoms with van der Waals surface area (Å²) in [6, 6.07) is 6.26. The van der Waals surface area contributed by atoms with Crippen LogP contribution in [-0.2, 0) is 0 Å². The molecule has 0 radical (unpaired) electrons. The number of rotatable bonds is 4. The van der Waals surface area contributed by atoms with Crippen molar-refractivity contribution in [3.63, 3.8) is 0 Å². The van der Waals surface area contributed by atoms with Gasteiger partial charge in [0.2, 0.25) is 0 Å². The lowest BCUT2D eigenvalue weighted by Gasteiger charge is -2.05. The Labute approximate surface area is 108 Å². The van der Waals surface area contributed by atoms with Crippen molar-refractivity contribution in [3.05, 3.63) is 27.7 Å². The summed E-state index contributed by atoms with van der Waals surface area (Å²) in [6.07, 6.45) is 2.19. The molecule has 2 nitrogen and oxygen atoms in total. The van der Waals surface area contributed by atoms with Crippen LogP contribution in [0.25, 0.3) is 10.2 Å². The van der Waals surface area contributed by atoms with Crippen molar-refractivity contribution in [2.24, 2.45) is 5.73 Å². The molecule has 0 spiro atoms. The van der Waals surface area contributed by atoms with E-state index in [1.807, 2.05) is 0 Å². The van der Waals surface area contributed by atoms with Crippen molar-refractivity contribution in [1.82, 2.24) is 4.98 Å². The zero-order chi connectivity index (χ0) is 11.5. The zero-order valence-corrected chi connectivity index (χ0v) is 11.6. The Kier molecular flexibility index (Phi) is 3.95. The number of halogens is 1. The highest BCUT2D eigenvalue weighted by Crippen LogP contribution is 2.31. The lowest BCUT2D eigenvalue weighted by Crippen LogP contribution is -2.01. The number of hydrogen-bond donors (Lipinski definition) is 1. The molecule has 0 bridgehead atoms. The van der Waals surface area contributed by atoms with E-state index in [-0.39, 0.29) is 0 Å². The van der Waals surface area contributed by atoms with Crippen LogP contribution in [0.1, 0.15) is 30.7 Å². The maximum absolute atomic E-state index is 5.53. The van der Waals surface area contributed by atoms with Gasteiger partial charge >= 0.3 is 0 Å². The molecule has 0 aliphatic carbocycles. The Bertz CT molecular complexity index is 481. The number of nitrogens with two attached hydrogens (primary N) is 1. The van der Waals surface area contributed by atoms with Gasteiger partial charge in [-0.3, -0.25) is 0 Å². The van der Waals surface area contributed by atoms with E-state index in [0.717, 1.165) is 29.4 Å². The van der Waals surface area contributed by atoms with E-state index in [9.17, 15) is 0 Å². The summed E-state index contributed by atoms with van der Waals surface area (Å²) in [7, 11) is 0. The van der Waals surface area contributed by atoms with Crippen LogP contribution in [0.15, 0.2) is 22.7 Å². The first-order chi connectivity index (χ1) is 7.70. The van der Waals surface area contributed by atoms with Gasteiger partial charge < -0.3 is 5.73 Å². The molecular weight excluding hydrogens is 284 g/mol. The highest BCUT2D eigenvalue weighted by molar-refractivity contribution is 9.10. The van der Waals surface area contributed by atoms with Crippen LogP contribution in [0.3, 0.4) is 0 Å². The Hall–Kier alpha value is -0.450. The van der Waals surface area contributed by atoms with Gasteiger partial charge in [0.25, 0.3) is 0 Å². The largest absolute Gasteiger partial charge is 0.330 e. The normalized spacial score (nSPS) is 13.2. The van der Waals surface area contributed by atoms with Gasteiger partial charge in [0.05, 0.1) is 15.2 Å². The molecule has 4 heteroatoms. The quantitative estimate of drug-likeness (QED) is 0.930. The molecule has 0 saturated carbocycles. The SMILES string of the molecule is CC(CCCN)c1nc2cc(Br)ccc2s1. The van der Waals surface area contributed by atoms with Crippen LogP contribution in [0.5, 0.6) is 0 Å². The minimum absolute atomic E-state index is 0.514. The molecule has 1 heterocycles. The van der Waals surface area contributed by atoms with Crippen LogP contribution in [0.2, 0.25) is 0 Å². The standard InChI is InChI=1S/C12H15BrN2S/c1-8(3-2-6-14)12-15-10-7-9(13)4-5-11(10)16-12/h4-5,7-8H,2-3,6,14H2,1H3. The molecule has 2 N–H and O–H groups in total. The molecule has 1 atom stereocenters. The van der Waals surface area contributed by atoms with Gasteiger partial charge in [-0.15, -0.1) is 11.3 Å². The fraction of sp³-hybridized carbons (Fsp3) is 0.417. The van der Waals surface area contributed by atoms with Crippen molar-refractivity contribution in [3.8, 4) is 0 Å². The summed E-state index contributed by atoms with van der Waals surface area (Å²) in [4.78, 5) is 4.67. The number of fused-ring (bicyclic) bond motifs is 1. The second kappa shape index (κ2) is 5.25. The van der Waals surface area contributed by atoms with Crippen LogP contribution in [-0.4, -0.2) is 11.5 Å². The molecule has 86 valence electrons. The Morgan fingerprint density at radius 1 is 1.50 bits per heavy atom. The maximum atomic E-state index is 5.53. The Morgan fingerprint density at radius 2 is 2.31 bits per heavy atom. The highest BCUT2D eigenvalue weighted by atomic mass is 79.9. The minimum Gasteiger partial charge on any atom is -0.330 e. The van der Waals surface area contributed by atoms with E-state index in [1.165, 1.54) is 9.71 Å². The van der Waals surface area contributed by atoms with Gasteiger partial charge in [-0.1, -0.05) is 22.9 Å². The molecule has 0 amide bonds. The second-order valence-corrected chi connectivity index (χ2v) is 5.97. The minimum atomic E-state index is 0.514. The molecule has 0 saturated heterocycles. The second-order valence-electron chi connectivity index (χ2n) is 4.00. The maximum Gasteiger partial charge on any atom is 0.0966 e. The summed E-state index contributed by atoms with van der Waals surface area (Å²) < 4.78 is 2.35. The van der Waals surface area contributed by atoms with Crippen LogP contribution < -0.4 is 5.73 Å². The van der Waals surface area contributed by atoms with E-state index < -0.39 is 0 Å². The molecule has 2 rings (SSSR count). The van der Waals surface area contributed by atoms with Gasteiger partial charge in [0.15, 0.2) is 0 Å². The number of nitrogens with zero attached hydrogens (tertiary/aromatic N) is 1. The predicted molar refractivity (Wildman–Crippen MR) is 74.0 cm³/mol. The van der Waals surface area contributed by atoms with Gasteiger partial charge in [0.1, 0.15) is 0 Å². The third kappa shape index (κ3) is 2.62. The zero-order valence-electron chi connectivity index (χ0n) is 9.24. The predicted octanol–water partition coefficient (Wildman–Crippen LogP) is 3.90. The third-order valence-corrected chi connectivity index (χ3v) is 4.39. The Balaban J connectivity index is 2.25. The van der Waals surface area contributed by atoms with E-state index in [1.54, 1.807) is 11.3 Å². The summed E-state index contributed by atoms with van der Waals surface area (Å²) in [5.74, 6) is 0.514. The number of aromatic nitrogens is 1. The smallest absolute Gasteiger partial charge is 0.0966 e. The molecule has 2 aromatic rings. The van der Waals surface area contributed by atoms with Crippen LogP contribution >= 0.6 is 27.3 Å². The fourth-order valence-corrected chi connectivity index (χ4v) is 3.06. The molecule has 1 unspecified atom stereocenters. The summed E-state index contributed by atoms with van der Waals surface area (Å²) in [6.45, 7) is 2.99.